The molecular weight excluding hydrogens is 386 g/mol. The summed E-state index contributed by atoms with van der Waals surface area (Å²) in [7, 11) is 2.13. The predicted octanol–water partition coefficient (Wildman–Crippen LogP) is 4.04. The number of aromatic nitrogens is 1. The van der Waals surface area contributed by atoms with Crippen LogP contribution in [0.15, 0.2) is 54.7 Å². The van der Waals surface area contributed by atoms with E-state index in [4.69, 9.17) is 4.74 Å². The lowest BCUT2D eigenvalue weighted by Crippen LogP contribution is -2.45. The molecule has 0 unspecified atom stereocenters. The number of anilines is 1. The fourth-order valence-corrected chi connectivity index (χ4v) is 3.69. The van der Waals surface area contributed by atoms with E-state index in [1.807, 2.05) is 49.4 Å². The second-order valence-electron chi connectivity index (χ2n) is 7.11. The summed E-state index contributed by atoms with van der Waals surface area (Å²) in [5, 5.41) is 1.03. The maximum Gasteiger partial charge on any atom is 0.196 e. The molecule has 0 amide bonds. The van der Waals surface area contributed by atoms with Crippen molar-refractivity contribution in [3.8, 4) is 5.75 Å². The fraction of sp³-hybridized carbons (Fsp3) is 0.304. The van der Waals surface area contributed by atoms with Crippen LogP contribution in [0.25, 0.3) is 10.9 Å². The molecule has 2 aromatic carbocycles. The van der Waals surface area contributed by atoms with Gasteiger partial charge in [0, 0.05) is 43.3 Å². The van der Waals surface area contributed by atoms with E-state index in [0.29, 0.717) is 17.7 Å². The number of hydrogen-bond donors (Lipinski definition) is 0. The minimum Gasteiger partial charge on any atom is -0.494 e. The molecule has 0 atom stereocenters. The summed E-state index contributed by atoms with van der Waals surface area (Å²) in [6.07, 6.45) is 1.73. The van der Waals surface area contributed by atoms with Crippen LogP contribution in [0.2, 0.25) is 0 Å². The van der Waals surface area contributed by atoms with E-state index in [1.54, 1.807) is 6.20 Å². The zero-order valence-corrected chi connectivity index (χ0v) is 17.6. The third kappa shape index (κ3) is 4.36. The summed E-state index contributed by atoms with van der Waals surface area (Å²) < 4.78 is 5.50. The number of piperazine rings is 1. The second kappa shape index (κ2) is 9.25. The van der Waals surface area contributed by atoms with Gasteiger partial charge in [0.1, 0.15) is 5.75 Å². The molecule has 0 radical (unpaired) electrons. The number of carbonyl (C=O) groups is 1. The summed E-state index contributed by atoms with van der Waals surface area (Å²) in [4.78, 5) is 22.6. The van der Waals surface area contributed by atoms with E-state index in [1.165, 1.54) is 0 Å². The number of hydrogen-bond acceptors (Lipinski definition) is 5. The molecule has 2 heterocycles. The summed E-state index contributed by atoms with van der Waals surface area (Å²) in [5.41, 5.74) is 3.22. The van der Waals surface area contributed by atoms with E-state index >= 15 is 0 Å². The van der Waals surface area contributed by atoms with E-state index in [-0.39, 0.29) is 18.2 Å². The summed E-state index contributed by atoms with van der Waals surface area (Å²) in [5.74, 6) is 0.769. The molecule has 3 aromatic rings. The standard InChI is InChI=1S/C23H25N3O2.ClH/c1-3-28-18-10-8-17(9-11-18)23(27)20-16-24-21-7-5-4-6-19(21)22(20)26-14-12-25(2)13-15-26;/h4-11,16H,3,12-15H2,1-2H3;1H. The molecule has 1 fully saturated rings. The van der Waals surface area contributed by atoms with E-state index < -0.39 is 0 Å². The normalized spacial score (nSPS) is 14.5. The molecule has 0 bridgehead atoms. The highest BCUT2D eigenvalue weighted by molar-refractivity contribution is 6.16. The molecule has 152 valence electrons. The lowest BCUT2D eigenvalue weighted by atomic mass is 9.99. The molecular formula is C23H26ClN3O2. The average Bonchev–Trinajstić information content (AvgIpc) is 2.74. The first-order valence-electron chi connectivity index (χ1n) is 9.76. The van der Waals surface area contributed by atoms with Gasteiger partial charge in [-0.1, -0.05) is 18.2 Å². The van der Waals surface area contributed by atoms with Gasteiger partial charge in [-0.2, -0.15) is 0 Å². The SMILES string of the molecule is CCOc1ccc(C(=O)c2cnc3ccccc3c2N2CCN(C)CC2)cc1.Cl. The van der Waals surface area contributed by atoms with Crippen LogP contribution in [0.1, 0.15) is 22.8 Å². The molecule has 0 spiro atoms. The number of ether oxygens (including phenoxy) is 1. The summed E-state index contributed by atoms with van der Waals surface area (Å²) >= 11 is 0. The highest BCUT2D eigenvalue weighted by Crippen LogP contribution is 2.32. The molecule has 1 aromatic heterocycles. The Kier molecular flexibility index (Phi) is 6.72. The Balaban J connectivity index is 0.00000240. The number of fused-ring (bicyclic) bond motifs is 1. The largest absolute Gasteiger partial charge is 0.494 e. The molecule has 4 rings (SSSR count). The van der Waals surface area contributed by atoms with Crippen LogP contribution in [0.5, 0.6) is 5.75 Å². The minimum absolute atomic E-state index is 0. The van der Waals surface area contributed by atoms with Gasteiger partial charge in [-0.3, -0.25) is 9.78 Å². The van der Waals surface area contributed by atoms with E-state index in [2.05, 4.69) is 27.9 Å². The van der Waals surface area contributed by atoms with Crippen LogP contribution in [-0.4, -0.2) is 55.5 Å². The number of para-hydroxylation sites is 1. The smallest absolute Gasteiger partial charge is 0.196 e. The topological polar surface area (TPSA) is 45.7 Å². The van der Waals surface area contributed by atoms with Crippen LogP contribution in [-0.2, 0) is 0 Å². The number of pyridine rings is 1. The second-order valence-corrected chi connectivity index (χ2v) is 7.11. The van der Waals surface area contributed by atoms with Gasteiger partial charge in [0.05, 0.1) is 23.4 Å². The van der Waals surface area contributed by atoms with Gasteiger partial charge in [0.2, 0.25) is 0 Å². The van der Waals surface area contributed by atoms with Crippen molar-refractivity contribution >= 4 is 34.8 Å². The van der Waals surface area contributed by atoms with Crippen LogP contribution in [0.3, 0.4) is 0 Å². The lowest BCUT2D eigenvalue weighted by molar-refractivity contribution is 0.103. The Hall–Kier alpha value is -2.63. The number of halogens is 1. The molecule has 1 aliphatic rings. The third-order valence-electron chi connectivity index (χ3n) is 5.24. The monoisotopic (exact) mass is 411 g/mol. The number of benzene rings is 2. The van der Waals surface area contributed by atoms with Crippen molar-refractivity contribution in [1.82, 2.24) is 9.88 Å². The molecule has 0 saturated carbocycles. The van der Waals surface area contributed by atoms with Gasteiger partial charge in [-0.25, -0.2) is 0 Å². The minimum atomic E-state index is -0.00442. The van der Waals surface area contributed by atoms with Crippen molar-refractivity contribution in [3.05, 3.63) is 65.9 Å². The Morgan fingerprint density at radius 3 is 2.41 bits per heavy atom. The van der Waals surface area contributed by atoms with E-state index in [9.17, 15) is 4.79 Å². The Bertz CT molecular complexity index is 983. The lowest BCUT2D eigenvalue weighted by Gasteiger charge is -2.35. The predicted molar refractivity (Wildman–Crippen MR) is 120 cm³/mol. The number of likely N-dealkylation sites (N-methyl/N-ethyl adjacent to an activating group) is 1. The van der Waals surface area contributed by atoms with Gasteiger partial charge in [-0.15, -0.1) is 12.4 Å². The van der Waals surface area contributed by atoms with Crippen molar-refractivity contribution in [3.63, 3.8) is 0 Å². The highest BCUT2D eigenvalue weighted by Gasteiger charge is 2.24. The molecule has 1 aliphatic heterocycles. The van der Waals surface area contributed by atoms with Gasteiger partial charge in [-0.05, 0) is 44.3 Å². The number of rotatable bonds is 5. The molecule has 29 heavy (non-hydrogen) atoms. The van der Waals surface area contributed by atoms with Gasteiger partial charge in [0.15, 0.2) is 5.78 Å². The van der Waals surface area contributed by atoms with Crippen molar-refractivity contribution in [2.24, 2.45) is 0 Å². The Labute approximate surface area is 177 Å². The van der Waals surface area contributed by atoms with E-state index in [0.717, 1.165) is 48.5 Å². The number of ketones is 1. The quantitative estimate of drug-likeness (QED) is 0.593. The molecule has 0 N–H and O–H groups in total. The maximum absolute atomic E-state index is 13.4. The van der Waals surface area contributed by atoms with Crippen molar-refractivity contribution < 1.29 is 9.53 Å². The number of carbonyl (C=O) groups excluding carboxylic acids is 1. The average molecular weight is 412 g/mol. The first-order chi connectivity index (χ1) is 13.7. The van der Waals surface area contributed by atoms with Crippen LogP contribution in [0, 0.1) is 0 Å². The maximum atomic E-state index is 13.4. The van der Waals surface area contributed by atoms with Crippen LogP contribution < -0.4 is 9.64 Å². The first kappa shape index (κ1) is 21.1. The highest BCUT2D eigenvalue weighted by atomic mass is 35.5. The van der Waals surface area contributed by atoms with Crippen molar-refractivity contribution in [2.45, 2.75) is 6.92 Å². The first-order valence-corrected chi connectivity index (χ1v) is 9.76. The molecule has 0 aliphatic carbocycles. The fourth-order valence-electron chi connectivity index (χ4n) is 3.69. The molecule has 6 heteroatoms. The van der Waals surface area contributed by atoms with Gasteiger partial charge in [0.25, 0.3) is 0 Å². The third-order valence-corrected chi connectivity index (χ3v) is 5.24. The number of nitrogens with zero attached hydrogens (tertiary/aromatic N) is 3. The van der Waals surface area contributed by atoms with Crippen molar-refractivity contribution in [1.29, 1.82) is 0 Å². The van der Waals surface area contributed by atoms with Crippen LogP contribution >= 0.6 is 12.4 Å². The summed E-state index contributed by atoms with van der Waals surface area (Å²) in [6.45, 7) is 6.31. The zero-order chi connectivity index (χ0) is 19.5. The van der Waals surface area contributed by atoms with Crippen LogP contribution in [0.4, 0.5) is 5.69 Å². The van der Waals surface area contributed by atoms with Crippen molar-refractivity contribution in [2.75, 3.05) is 44.7 Å². The molecule has 1 saturated heterocycles. The van der Waals surface area contributed by atoms with Gasteiger partial charge < -0.3 is 14.5 Å². The summed E-state index contributed by atoms with van der Waals surface area (Å²) in [6, 6.07) is 15.4. The Morgan fingerprint density at radius 1 is 1.03 bits per heavy atom. The van der Waals surface area contributed by atoms with Gasteiger partial charge >= 0.3 is 0 Å². The molecule has 5 nitrogen and oxygen atoms in total. The zero-order valence-electron chi connectivity index (χ0n) is 16.8. The Morgan fingerprint density at radius 2 is 1.72 bits per heavy atom.